The Hall–Kier alpha value is -3.06. The normalized spacial score (nSPS) is 20.4. The van der Waals surface area contributed by atoms with Crippen LogP contribution in [0.3, 0.4) is 0 Å². The highest BCUT2D eigenvalue weighted by Gasteiger charge is 2.27. The smallest absolute Gasteiger partial charge is 0.286 e. The maximum absolute atomic E-state index is 12.5. The van der Waals surface area contributed by atoms with E-state index in [0.29, 0.717) is 17.0 Å². The maximum Gasteiger partial charge on any atom is 0.286 e. The Morgan fingerprint density at radius 1 is 1.05 bits per heavy atom. The highest BCUT2D eigenvalue weighted by Crippen LogP contribution is 2.32. The summed E-state index contributed by atoms with van der Waals surface area (Å²) in [5, 5.41) is 24.8. The topological polar surface area (TPSA) is 135 Å². The van der Waals surface area contributed by atoms with E-state index in [1.54, 1.807) is 6.07 Å². The number of anilines is 2. The van der Waals surface area contributed by atoms with Crippen LogP contribution in [0.4, 0.5) is 11.4 Å². The lowest BCUT2D eigenvalue weighted by Gasteiger charge is -2.34. The molecule has 41 heavy (non-hydrogen) atoms. The molecule has 0 aliphatic carbocycles. The number of amides is 1. The van der Waals surface area contributed by atoms with Gasteiger partial charge in [-0.2, -0.15) is 4.99 Å². The van der Waals surface area contributed by atoms with Crippen molar-refractivity contribution in [2.45, 2.75) is 44.2 Å². The number of rotatable bonds is 8. The lowest BCUT2D eigenvalue weighted by atomic mass is 10.0. The van der Waals surface area contributed by atoms with Crippen molar-refractivity contribution in [1.82, 2.24) is 10.2 Å². The minimum absolute atomic E-state index is 0.0451. The van der Waals surface area contributed by atoms with Crippen LogP contribution in [0.25, 0.3) is 6.08 Å². The molecule has 1 amide bonds. The van der Waals surface area contributed by atoms with Gasteiger partial charge in [0.2, 0.25) is 10.0 Å². The summed E-state index contributed by atoms with van der Waals surface area (Å²) in [6.07, 6.45) is 7.45. The molecule has 1 atom stereocenters. The van der Waals surface area contributed by atoms with Crippen molar-refractivity contribution < 1.29 is 23.4 Å². The van der Waals surface area contributed by atoms with E-state index in [1.165, 1.54) is 30.3 Å². The number of likely N-dealkylation sites (tertiary alicyclic amines) is 1. The van der Waals surface area contributed by atoms with E-state index < -0.39 is 16.1 Å². The van der Waals surface area contributed by atoms with Gasteiger partial charge in [-0.25, -0.2) is 8.42 Å². The SMILES string of the molecule is CS(=O)(=O)Nc1cc([C@@H](O)CNC2CCN(c3ccc(/C=C4\SC(N5CCCCC5)=NC4=O)cc3)CC2)ccc1O. The Balaban J connectivity index is 1.09. The summed E-state index contributed by atoms with van der Waals surface area (Å²) < 4.78 is 25.3. The van der Waals surface area contributed by atoms with Gasteiger partial charge in [0.25, 0.3) is 5.91 Å². The van der Waals surface area contributed by atoms with Gasteiger partial charge in [0.1, 0.15) is 5.75 Å². The third-order valence-corrected chi connectivity index (χ3v) is 9.22. The van der Waals surface area contributed by atoms with Crippen LogP contribution >= 0.6 is 11.8 Å². The van der Waals surface area contributed by atoms with E-state index in [1.807, 2.05) is 18.2 Å². The number of aromatic hydroxyl groups is 1. The number of benzene rings is 2. The number of amidine groups is 1. The molecule has 4 N–H and O–H groups in total. The molecule has 3 aliphatic rings. The predicted molar refractivity (Wildman–Crippen MR) is 165 cm³/mol. The molecular weight excluding hydrogens is 562 g/mol. The number of hydrogen-bond acceptors (Lipinski definition) is 9. The maximum atomic E-state index is 12.5. The van der Waals surface area contributed by atoms with Crippen LogP contribution in [0.2, 0.25) is 0 Å². The molecule has 0 radical (unpaired) electrons. The second-order valence-electron chi connectivity index (χ2n) is 10.8. The van der Waals surface area contributed by atoms with Gasteiger partial charge in [0, 0.05) is 44.5 Å². The number of aliphatic imine (C=N–C) groups is 1. The van der Waals surface area contributed by atoms with Gasteiger partial charge in [-0.05, 0) is 85.3 Å². The summed E-state index contributed by atoms with van der Waals surface area (Å²) in [6, 6.07) is 12.9. The third kappa shape index (κ3) is 7.82. The van der Waals surface area contributed by atoms with Crippen LogP contribution in [0.1, 0.15) is 49.3 Å². The molecule has 12 heteroatoms. The number of piperidine rings is 2. The summed E-state index contributed by atoms with van der Waals surface area (Å²) >= 11 is 1.47. The molecule has 5 rings (SSSR count). The van der Waals surface area contributed by atoms with Crippen LogP contribution in [0, 0.1) is 0 Å². The van der Waals surface area contributed by atoms with Crippen LogP contribution in [0.5, 0.6) is 5.75 Å². The van der Waals surface area contributed by atoms with Gasteiger partial charge >= 0.3 is 0 Å². The molecule has 2 aromatic rings. The van der Waals surface area contributed by atoms with Crippen LogP contribution < -0.4 is 14.9 Å². The number of sulfonamides is 1. The number of phenols is 1. The third-order valence-electron chi connectivity index (χ3n) is 7.59. The largest absolute Gasteiger partial charge is 0.506 e. The van der Waals surface area contributed by atoms with E-state index in [2.05, 4.69) is 37.0 Å². The van der Waals surface area contributed by atoms with Crippen LogP contribution in [0.15, 0.2) is 52.4 Å². The zero-order chi connectivity index (χ0) is 29.0. The molecule has 2 aromatic carbocycles. The molecule has 2 saturated heterocycles. The Morgan fingerprint density at radius 2 is 1.76 bits per heavy atom. The minimum Gasteiger partial charge on any atom is -0.506 e. The van der Waals surface area contributed by atoms with E-state index in [-0.39, 0.29) is 23.4 Å². The molecule has 2 fully saturated rings. The van der Waals surface area contributed by atoms with E-state index in [0.717, 1.165) is 74.5 Å². The van der Waals surface area contributed by atoms with E-state index in [4.69, 9.17) is 0 Å². The quantitative estimate of drug-likeness (QED) is 0.266. The van der Waals surface area contributed by atoms with Crippen molar-refractivity contribution in [3.05, 3.63) is 58.5 Å². The van der Waals surface area contributed by atoms with Crippen molar-refractivity contribution >= 4 is 50.3 Å². The number of carbonyl (C=O) groups is 1. The second kappa shape index (κ2) is 12.8. The van der Waals surface area contributed by atoms with E-state index in [9.17, 15) is 23.4 Å². The molecule has 220 valence electrons. The highest BCUT2D eigenvalue weighted by molar-refractivity contribution is 8.18. The number of phenolic OH excluding ortho intramolecular Hbond substituents is 1. The molecule has 3 aliphatic heterocycles. The Kier molecular flexibility index (Phi) is 9.22. The standard InChI is InChI=1S/C29H37N5O5S2/c1-41(38,39)32-24-18-21(7-10-25(24)35)26(36)19-30-22-11-15-33(16-12-22)23-8-5-20(6-9-23)17-27-28(37)31-29(40-27)34-13-3-2-4-14-34/h5-10,17-18,22,26,30,32,35-36H,2-4,11-16,19H2,1H3/b27-17-/t26-/m0/s1. The van der Waals surface area contributed by atoms with Gasteiger partial charge < -0.3 is 25.3 Å². The molecule has 0 spiro atoms. The second-order valence-corrected chi connectivity index (χ2v) is 13.5. The summed E-state index contributed by atoms with van der Waals surface area (Å²) in [6.45, 7) is 4.00. The number of thioether (sulfide) groups is 1. The number of hydrogen-bond donors (Lipinski definition) is 4. The molecule has 0 aromatic heterocycles. The summed E-state index contributed by atoms with van der Waals surface area (Å²) in [7, 11) is -3.55. The molecule has 3 heterocycles. The van der Waals surface area contributed by atoms with Crippen LogP contribution in [-0.2, 0) is 14.8 Å². The molecule has 0 saturated carbocycles. The Morgan fingerprint density at radius 3 is 2.44 bits per heavy atom. The van der Waals surface area contributed by atoms with Crippen molar-refractivity contribution in [3.8, 4) is 5.75 Å². The Labute approximate surface area is 245 Å². The number of nitrogens with zero attached hydrogens (tertiary/aromatic N) is 3. The first-order chi connectivity index (χ1) is 19.6. The zero-order valence-corrected chi connectivity index (χ0v) is 24.8. The summed E-state index contributed by atoms with van der Waals surface area (Å²) in [5.41, 5.74) is 2.68. The van der Waals surface area contributed by atoms with Gasteiger partial charge in [0.15, 0.2) is 5.17 Å². The minimum atomic E-state index is -3.55. The Bertz CT molecular complexity index is 1410. The molecule has 10 nitrogen and oxygen atoms in total. The van der Waals surface area contributed by atoms with Crippen LogP contribution in [-0.4, -0.2) is 79.6 Å². The molecular formula is C29H37N5O5S2. The van der Waals surface area contributed by atoms with Gasteiger partial charge in [0.05, 0.1) is 23.0 Å². The number of aliphatic hydroxyl groups excluding tert-OH is 1. The lowest BCUT2D eigenvalue weighted by molar-refractivity contribution is -0.113. The molecule has 0 bridgehead atoms. The number of aliphatic hydroxyl groups is 1. The van der Waals surface area contributed by atoms with Gasteiger partial charge in [-0.3, -0.25) is 9.52 Å². The summed E-state index contributed by atoms with van der Waals surface area (Å²) in [4.78, 5) is 22.0. The first-order valence-electron chi connectivity index (χ1n) is 14.0. The zero-order valence-electron chi connectivity index (χ0n) is 23.1. The first-order valence-corrected chi connectivity index (χ1v) is 16.7. The monoisotopic (exact) mass is 599 g/mol. The fourth-order valence-corrected chi connectivity index (χ4v) is 6.86. The fourth-order valence-electron chi connectivity index (χ4n) is 5.33. The summed E-state index contributed by atoms with van der Waals surface area (Å²) in [5.74, 6) is -0.353. The van der Waals surface area contributed by atoms with Gasteiger partial charge in [-0.1, -0.05) is 18.2 Å². The first kappa shape index (κ1) is 29.4. The molecule has 0 unspecified atom stereocenters. The van der Waals surface area contributed by atoms with Crippen molar-refractivity contribution in [3.63, 3.8) is 0 Å². The van der Waals surface area contributed by atoms with Gasteiger partial charge in [-0.15, -0.1) is 0 Å². The van der Waals surface area contributed by atoms with Crippen molar-refractivity contribution in [2.75, 3.05) is 48.6 Å². The predicted octanol–water partition coefficient (Wildman–Crippen LogP) is 3.51. The highest BCUT2D eigenvalue weighted by atomic mass is 32.2. The van der Waals surface area contributed by atoms with E-state index >= 15 is 0 Å². The number of carbonyl (C=O) groups excluding carboxylic acids is 1. The average Bonchev–Trinajstić information content (AvgIpc) is 3.33. The number of nitrogens with one attached hydrogen (secondary N) is 2. The van der Waals surface area contributed by atoms with Crippen molar-refractivity contribution in [1.29, 1.82) is 0 Å². The van der Waals surface area contributed by atoms with Crippen molar-refractivity contribution in [2.24, 2.45) is 4.99 Å². The average molecular weight is 600 g/mol. The lowest BCUT2D eigenvalue weighted by Crippen LogP contribution is -2.43. The fraction of sp³-hybridized carbons (Fsp3) is 0.448.